The Balaban J connectivity index is 2.71. The van der Waals surface area contributed by atoms with E-state index in [1.165, 1.54) is 0 Å². The first kappa shape index (κ1) is 14.5. The average molecular weight is 269 g/mol. The fourth-order valence-electron chi connectivity index (χ4n) is 1.49. The molecule has 0 radical (unpaired) electrons. The maximum Gasteiger partial charge on any atom is 0.324 e. The molecule has 1 aromatic carbocycles. The third kappa shape index (κ3) is 4.37. The molecule has 5 heteroatoms. The van der Waals surface area contributed by atoms with Crippen molar-refractivity contribution < 1.29 is 9.59 Å². The van der Waals surface area contributed by atoms with Crippen LogP contribution in [0.4, 0.5) is 4.79 Å². The Kier molecular flexibility index (Phi) is 5.65. The summed E-state index contributed by atoms with van der Waals surface area (Å²) in [6.45, 7) is 4.25. The van der Waals surface area contributed by atoms with Gasteiger partial charge in [-0.25, -0.2) is 4.79 Å². The second-order valence-electron chi connectivity index (χ2n) is 4.19. The van der Waals surface area contributed by atoms with Gasteiger partial charge in [0, 0.05) is 12.6 Å². The molecule has 1 N–H and O–H groups in total. The fraction of sp³-hybridized carbons (Fsp3) is 0.385. The number of hydrogen-bond donors (Lipinski definition) is 1. The molecule has 0 saturated heterocycles. The predicted octanol–water partition coefficient (Wildman–Crippen LogP) is 2.37. The third-order valence-corrected chi connectivity index (χ3v) is 2.69. The van der Waals surface area contributed by atoms with Crippen molar-refractivity contribution in [3.8, 4) is 0 Å². The minimum absolute atomic E-state index is 0.00617. The minimum Gasteiger partial charge on any atom is -0.318 e. The van der Waals surface area contributed by atoms with E-state index in [0.717, 1.165) is 5.56 Å². The first-order valence-electron chi connectivity index (χ1n) is 5.75. The second-order valence-corrected chi connectivity index (χ2v) is 4.46. The molecule has 98 valence electrons. The number of carbonyl (C=O) groups is 2. The quantitative estimate of drug-likeness (QED) is 0.853. The Hall–Kier alpha value is -1.55. The van der Waals surface area contributed by atoms with Crippen LogP contribution in [0.25, 0.3) is 0 Å². The number of nitrogens with one attached hydrogen (secondary N) is 1. The zero-order valence-electron chi connectivity index (χ0n) is 10.5. The van der Waals surface area contributed by atoms with Gasteiger partial charge in [0.1, 0.15) is 5.88 Å². The molecule has 0 atom stereocenters. The summed E-state index contributed by atoms with van der Waals surface area (Å²) in [6.07, 6.45) is 0. The van der Waals surface area contributed by atoms with Crippen LogP contribution in [-0.2, 0) is 11.3 Å². The van der Waals surface area contributed by atoms with E-state index < -0.39 is 11.9 Å². The number of urea groups is 1. The summed E-state index contributed by atoms with van der Waals surface area (Å²) < 4.78 is 0. The lowest BCUT2D eigenvalue weighted by atomic mass is 10.2. The van der Waals surface area contributed by atoms with Gasteiger partial charge in [-0.1, -0.05) is 30.3 Å². The van der Waals surface area contributed by atoms with E-state index in [1.807, 2.05) is 44.2 Å². The number of hydrogen-bond acceptors (Lipinski definition) is 2. The van der Waals surface area contributed by atoms with Crippen LogP contribution in [0.3, 0.4) is 0 Å². The monoisotopic (exact) mass is 268 g/mol. The molecule has 4 nitrogen and oxygen atoms in total. The van der Waals surface area contributed by atoms with Gasteiger partial charge in [-0.15, -0.1) is 11.6 Å². The molecule has 0 aliphatic carbocycles. The van der Waals surface area contributed by atoms with Gasteiger partial charge >= 0.3 is 6.03 Å². The number of rotatable bonds is 4. The van der Waals surface area contributed by atoms with Gasteiger partial charge in [-0.3, -0.25) is 10.1 Å². The number of nitrogens with zero attached hydrogens (tertiary/aromatic N) is 1. The van der Waals surface area contributed by atoms with E-state index >= 15 is 0 Å². The summed E-state index contributed by atoms with van der Waals surface area (Å²) >= 11 is 5.36. The zero-order valence-corrected chi connectivity index (χ0v) is 11.3. The average Bonchev–Trinajstić information content (AvgIpc) is 2.36. The van der Waals surface area contributed by atoms with Crippen LogP contribution in [-0.4, -0.2) is 28.8 Å². The molecule has 3 amide bonds. The molecule has 0 bridgehead atoms. The van der Waals surface area contributed by atoms with Crippen molar-refractivity contribution in [3.63, 3.8) is 0 Å². The Labute approximate surface area is 112 Å². The number of alkyl halides is 1. The Morgan fingerprint density at radius 1 is 1.28 bits per heavy atom. The number of halogens is 1. The molecular weight excluding hydrogens is 252 g/mol. The fourth-order valence-corrected chi connectivity index (χ4v) is 1.56. The van der Waals surface area contributed by atoms with E-state index in [-0.39, 0.29) is 11.9 Å². The lowest BCUT2D eigenvalue weighted by Gasteiger charge is -2.26. The van der Waals surface area contributed by atoms with E-state index in [0.29, 0.717) is 6.54 Å². The molecule has 1 aromatic rings. The number of amides is 3. The van der Waals surface area contributed by atoms with Gasteiger partial charge in [0.05, 0.1) is 0 Å². The van der Waals surface area contributed by atoms with Gasteiger partial charge in [-0.05, 0) is 19.4 Å². The minimum atomic E-state index is -0.486. The maximum atomic E-state index is 11.9. The molecule has 1 rings (SSSR count). The zero-order chi connectivity index (χ0) is 13.5. The smallest absolute Gasteiger partial charge is 0.318 e. The van der Waals surface area contributed by atoms with Crippen molar-refractivity contribution in [3.05, 3.63) is 35.9 Å². The topological polar surface area (TPSA) is 49.4 Å². The lowest BCUT2D eigenvalue weighted by Crippen LogP contribution is -2.46. The molecule has 0 heterocycles. The lowest BCUT2D eigenvalue weighted by molar-refractivity contribution is -0.117. The van der Waals surface area contributed by atoms with Crippen molar-refractivity contribution in [1.29, 1.82) is 0 Å². The van der Waals surface area contributed by atoms with E-state index in [9.17, 15) is 9.59 Å². The summed E-state index contributed by atoms with van der Waals surface area (Å²) in [6, 6.07) is 9.19. The highest BCUT2D eigenvalue weighted by atomic mass is 35.5. The van der Waals surface area contributed by atoms with Gasteiger partial charge < -0.3 is 4.90 Å². The summed E-state index contributed by atoms with van der Waals surface area (Å²) in [5.74, 6) is -0.705. The first-order valence-corrected chi connectivity index (χ1v) is 6.28. The highest BCUT2D eigenvalue weighted by Gasteiger charge is 2.18. The summed E-state index contributed by atoms with van der Waals surface area (Å²) in [5.41, 5.74) is 1.01. The molecule has 0 aliphatic rings. The van der Waals surface area contributed by atoms with Gasteiger partial charge in [0.25, 0.3) is 0 Å². The molecule has 0 saturated carbocycles. The van der Waals surface area contributed by atoms with Crippen molar-refractivity contribution in [1.82, 2.24) is 10.2 Å². The Morgan fingerprint density at radius 3 is 2.39 bits per heavy atom. The van der Waals surface area contributed by atoms with Crippen molar-refractivity contribution in [2.24, 2.45) is 0 Å². The molecule has 0 aromatic heterocycles. The number of carbonyl (C=O) groups excluding carboxylic acids is 2. The maximum absolute atomic E-state index is 11.9. The molecule has 0 fully saturated rings. The first-order chi connectivity index (χ1) is 8.54. The SMILES string of the molecule is CC(C)N(Cc1ccccc1)C(=O)NC(=O)CCl. The highest BCUT2D eigenvalue weighted by molar-refractivity contribution is 6.28. The molecule has 18 heavy (non-hydrogen) atoms. The summed E-state index contributed by atoms with van der Waals surface area (Å²) in [7, 11) is 0. The Morgan fingerprint density at radius 2 is 1.89 bits per heavy atom. The largest absolute Gasteiger partial charge is 0.324 e. The van der Waals surface area contributed by atoms with Crippen LogP contribution in [0, 0.1) is 0 Å². The van der Waals surface area contributed by atoms with Crippen LogP contribution in [0.2, 0.25) is 0 Å². The van der Waals surface area contributed by atoms with Crippen LogP contribution in [0.1, 0.15) is 19.4 Å². The summed E-state index contributed by atoms with van der Waals surface area (Å²) in [4.78, 5) is 24.6. The molecule has 0 spiro atoms. The van der Waals surface area contributed by atoms with Gasteiger partial charge in [0.15, 0.2) is 0 Å². The Bertz CT molecular complexity index is 407. The third-order valence-electron chi connectivity index (χ3n) is 2.45. The number of imide groups is 1. The molecule has 0 unspecified atom stereocenters. The molecular formula is C13H17ClN2O2. The second kappa shape index (κ2) is 7.01. The van der Waals surface area contributed by atoms with E-state index in [4.69, 9.17) is 11.6 Å². The number of benzene rings is 1. The van der Waals surface area contributed by atoms with Crippen LogP contribution < -0.4 is 5.32 Å². The van der Waals surface area contributed by atoms with E-state index in [2.05, 4.69) is 5.32 Å². The van der Waals surface area contributed by atoms with Crippen molar-refractivity contribution >= 4 is 23.5 Å². The highest BCUT2D eigenvalue weighted by Crippen LogP contribution is 2.08. The van der Waals surface area contributed by atoms with E-state index in [1.54, 1.807) is 4.90 Å². The van der Waals surface area contributed by atoms with Crippen molar-refractivity contribution in [2.45, 2.75) is 26.4 Å². The predicted molar refractivity (Wildman–Crippen MR) is 71.4 cm³/mol. The van der Waals surface area contributed by atoms with Crippen molar-refractivity contribution in [2.75, 3.05) is 5.88 Å². The molecule has 0 aliphatic heterocycles. The van der Waals surface area contributed by atoms with Gasteiger partial charge in [-0.2, -0.15) is 0 Å². The normalized spacial score (nSPS) is 10.2. The van der Waals surface area contributed by atoms with Crippen LogP contribution in [0.5, 0.6) is 0 Å². The van der Waals surface area contributed by atoms with Crippen LogP contribution >= 0.6 is 11.6 Å². The standard InChI is InChI=1S/C13H17ClN2O2/c1-10(2)16(13(18)15-12(17)8-14)9-11-6-4-3-5-7-11/h3-7,10H,8-9H2,1-2H3,(H,15,17,18). The van der Waals surface area contributed by atoms with Crippen LogP contribution in [0.15, 0.2) is 30.3 Å². The van der Waals surface area contributed by atoms with Gasteiger partial charge in [0.2, 0.25) is 5.91 Å². The summed E-state index contributed by atoms with van der Waals surface area (Å²) in [5, 5.41) is 2.25.